The zero-order valence-corrected chi connectivity index (χ0v) is 14.1. The van der Waals surface area contributed by atoms with Crippen LogP contribution in [0.4, 0.5) is 5.69 Å². The van der Waals surface area contributed by atoms with E-state index in [0.717, 1.165) is 0 Å². The molecule has 2 aromatic carbocycles. The van der Waals surface area contributed by atoms with Gasteiger partial charge in [0.05, 0.1) is 10.6 Å². The van der Waals surface area contributed by atoms with Gasteiger partial charge in [-0.15, -0.1) is 0 Å². The lowest BCUT2D eigenvalue weighted by atomic mass is 10.2. The molecule has 0 saturated carbocycles. The van der Waals surface area contributed by atoms with Crippen LogP contribution in [-0.4, -0.2) is 14.2 Å². The molecular formula is C14H11BrClNO3S. The Kier molecular flexibility index (Phi) is 4.70. The van der Waals surface area contributed by atoms with Crippen molar-refractivity contribution in [1.29, 1.82) is 0 Å². The third kappa shape index (κ3) is 3.84. The number of hydrogen-bond donors (Lipinski definition) is 1. The maximum Gasteiger partial charge on any atom is 0.261 e. The highest BCUT2D eigenvalue weighted by Gasteiger charge is 2.16. The smallest absolute Gasteiger partial charge is 0.261 e. The van der Waals surface area contributed by atoms with E-state index >= 15 is 0 Å². The average Bonchev–Trinajstić information content (AvgIpc) is 2.42. The quantitative estimate of drug-likeness (QED) is 0.802. The first-order chi connectivity index (χ1) is 9.79. The van der Waals surface area contributed by atoms with Crippen LogP contribution < -0.4 is 4.72 Å². The molecule has 0 radical (unpaired) electrons. The number of hydrogen-bond acceptors (Lipinski definition) is 3. The monoisotopic (exact) mass is 387 g/mol. The summed E-state index contributed by atoms with van der Waals surface area (Å²) in [5.41, 5.74) is 0.709. The first kappa shape index (κ1) is 16.0. The predicted molar refractivity (Wildman–Crippen MR) is 86.4 cm³/mol. The first-order valence-corrected chi connectivity index (χ1v) is 8.54. The summed E-state index contributed by atoms with van der Waals surface area (Å²) < 4.78 is 27.7. The number of benzene rings is 2. The van der Waals surface area contributed by atoms with Crippen molar-refractivity contribution in [3.8, 4) is 0 Å². The van der Waals surface area contributed by atoms with Crippen molar-refractivity contribution < 1.29 is 13.2 Å². The van der Waals surface area contributed by atoms with Crippen LogP contribution in [0.1, 0.15) is 17.3 Å². The molecule has 0 bridgehead atoms. The Morgan fingerprint density at radius 2 is 1.90 bits per heavy atom. The topological polar surface area (TPSA) is 63.2 Å². The molecule has 1 N–H and O–H groups in total. The first-order valence-electron chi connectivity index (χ1n) is 5.88. The van der Waals surface area contributed by atoms with Gasteiger partial charge >= 0.3 is 0 Å². The van der Waals surface area contributed by atoms with Crippen LogP contribution in [0.5, 0.6) is 0 Å². The molecule has 0 unspecified atom stereocenters. The van der Waals surface area contributed by atoms with E-state index in [2.05, 4.69) is 20.7 Å². The fourth-order valence-corrected chi connectivity index (χ4v) is 3.70. The second kappa shape index (κ2) is 6.17. The van der Waals surface area contributed by atoms with E-state index in [1.165, 1.54) is 25.1 Å². The zero-order chi connectivity index (χ0) is 15.6. The fraction of sp³-hybridized carbons (Fsp3) is 0.0714. The predicted octanol–water partition coefficient (Wildman–Crippen LogP) is 4.11. The lowest BCUT2D eigenvalue weighted by Gasteiger charge is -2.10. The molecule has 0 saturated heterocycles. The molecular weight excluding hydrogens is 378 g/mol. The maximum absolute atomic E-state index is 12.3. The van der Waals surface area contributed by atoms with Crippen LogP contribution in [0.25, 0.3) is 0 Å². The summed E-state index contributed by atoms with van der Waals surface area (Å²) in [4.78, 5) is 11.4. The fourth-order valence-electron chi connectivity index (χ4n) is 1.66. The molecule has 0 atom stereocenters. The molecule has 0 heterocycles. The third-order valence-electron chi connectivity index (χ3n) is 2.73. The SMILES string of the molecule is CC(=O)c1cccc(S(=O)(=O)Nc2ccc(Cl)cc2Br)c1. The molecule has 2 aromatic rings. The van der Waals surface area contributed by atoms with Gasteiger partial charge in [0.1, 0.15) is 0 Å². The van der Waals surface area contributed by atoms with Gasteiger partial charge in [0.15, 0.2) is 5.78 Å². The summed E-state index contributed by atoms with van der Waals surface area (Å²) in [5, 5.41) is 0.489. The highest BCUT2D eigenvalue weighted by molar-refractivity contribution is 9.10. The van der Waals surface area contributed by atoms with Crippen molar-refractivity contribution in [2.24, 2.45) is 0 Å². The molecule has 4 nitrogen and oxygen atoms in total. The highest BCUT2D eigenvalue weighted by atomic mass is 79.9. The van der Waals surface area contributed by atoms with Gasteiger partial charge in [0.25, 0.3) is 10.0 Å². The number of halogens is 2. The van der Waals surface area contributed by atoms with Crippen LogP contribution >= 0.6 is 27.5 Å². The molecule has 0 aromatic heterocycles. The van der Waals surface area contributed by atoms with Crippen molar-refractivity contribution in [1.82, 2.24) is 0 Å². The van der Waals surface area contributed by atoms with E-state index in [9.17, 15) is 13.2 Å². The Labute approximate surface area is 136 Å². The molecule has 0 fully saturated rings. The molecule has 7 heteroatoms. The Morgan fingerprint density at radius 1 is 1.19 bits per heavy atom. The summed E-state index contributed by atoms with van der Waals surface area (Å²) in [7, 11) is -3.78. The van der Waals surface area contributed by atoms with Gasteiger partial charge in [-0.2, -0.15) is 0 Å². The van der Waals surface area contributed by atoms with Crippen molar-refractivity contribution >= 4 is 49.0 Å². The van der Waals surface area contributed by atoms with Crippen LogP contribution in [0.3, 0.4) is 0 Å². The van der Waals surface area contributed by atoms with Crippen molar-refractivity contribution in [3.63, 3.8) is 0 Å². The minimum atomic E-state index is -3.78. The maximum atomic E-state index is 12.3. The van der Waals surface area contributed by atoms with Gasteiger partial charge in [0.2, 0.25) is 0 Å². The number of carbonyl (C=O) groups excluding carboxylic acids is 1. The van der Waals surface area contributed by atoms with Gasteiger partial charge in [0, 0.05) is 15.1 Å². The third-order valence-corrected chi connectivity index (χ3v) is 4.98. The van der Waals surface area contributed by atoms with E-state index in [1.54, 1.807) is 24.3 Å². The lowest BCUT2D eigenvalue weighted by molar-refractivity contribution is 0.101. The molecule has 2 rings (SSSR count). The number of rotatable bonds is 4. The van der Waals surface area contributed by atoms with Gasteiger partial charge < -0.3 is 0 Å². The van der Waals surface area contributed by atoms with Crippen LogP contribution in [0.15, 0.2) is 51.8 Å². The Bertz CT molecular complexity index is 806. The molecule has 0 amide bonds. The van der Waals surface area contributed by atoms with Crippen LogP contribution in [0.2, 0.25) is 5.02 Å². The largest absolute Gasteiger partial charge is 0.295 e. The number of anilines is 1. The molecule has 0 aliphatic carbocycles. The van der Waals surface area contributed by atoms with Gasteiger partial charge in [-0.05, 0) is 53.2 Å². The lowest BCUT2D eigenvalue weighted by Crippen LogP contribution is -2.13. The van der Waals surface area contributed by atoms with E-state index < -0.39 is 10.0 Å². The van der Waals surface area contributed by atoms with E-state index in [0.29, 0.717) is 20.7 Å². The summed E-state index contributed by atoms with van der Waals surface area (Å²) in [6.07, 6.45) is 0. The number of ketones is 1. The summed E-state index contributed by atoms with van der Waals surface area (Å²) in [6, 6.07) is 10.6. The molecule has 0 spiro atoms. The molecule has 21 heavy (non-hydrogen) atoms. The minimum absolute atomic E-state index is 0.0250. The second-order valence-electron chi connectivity index (χ2n) is 4.31. The van der Waals surface area contributed by atoms with Gasteiger partial charge in [-0.25, -0.2) is 8.42 Å². The number of carbonyl (C=O) groups is 1. The Balaban J connectivity index is 2.38. The number of sulfonamides is 1. The summed E-state index contributed by atoms with van der Waals surface area (Å²) >= 11 is 9.06. The Morgan fingerprint density at radius 3 is 2.52 bits per heavy atom. The van der Waals surface area contributed by atoms with Gasteiger partial charge in [-0.3, -0.25) is 9.52 Å². The van der Waals surface area contributed by atoms with E-state index in [1.807, 2.05) is 0 Å². The highest BCUT2D eigenvalue weighted by Crippen LogP contribution is 2.28. The second-order valence-corrected chi connectivity index (χ2v) is 7.29. The minimum Gasteiger partial charge on any atom is -0.295 e. The molecule has 110 valence electrons. The normalized spacial score (nSPS) is 11.2. The molecule has 0 aliphatic rings. The van der Waals surface area contributed by atoms with E-state index in [-0.39, 0.29) is 10.7 Å². The van der Waals surface area contributed by atoms with Crippen molar-refractivity contribution in [2.75, 3.05) is 4.72 Å². The van der Waals surface area contributed by atoms with Gasteiger partial charge in [-0.1, -0.05) is 23.7 Å². The summed E-state index contributed by atoms with van der Waals surface area (Å²) in [6.45, 7) is 1.38. The average molecular weight is 389 g/mol. The van der Waals surface area contributed by atoms with Crippen LogP contribution in [0, 0.1) is 0 Å². The van der Waals surface area contributed by atoms with Crippen molar-refractivity contribution in [3.05, 3.63) is 57.5 Å². The van der Waals surface area contributed by atoms with E-state index in [4.69, 9.17) is 11.6 Å². The standard InChI is InChI=1S/C14H11BrClNO3S/c1-9(18)10-3-2-4-12(7-10)21(19,20)17-14-6-5-11(16)8-13(14)15/h2-8,17H,1H3. The van der Waals surface area contributed by atoms with Crippen LogP contribution in [-0.2, 0) is 10.0 Å². The number of Topliss-reactive ketones (excluding diaryl/α,β-unsaturated/α-hetero) is 1. The van der Waals surface area contributed by atoms with Crippen molar-refractivity contribution in [2.45, 2.75) is 11.8 Å². The zero-order valence-electron chi connectivity index (χ0n) is 10.9. The molecule has 0 aliphatic heterocycles. The summed E-state index contributed by atoms with van der Waals surface area (Å²) in [5.74, 6) is -0.195. The Hall–Kier alpha value is -1.37. The number of nitrogens with one attached hydrogen (secondary N) is 1.